The largest absolute Gasteiger partial charge is 0.347 e. The first-order chi connectivity index (χ1) is 12.3. The van der Waals surface area contributed by atoms with Crippen molar-refractivity contribution in [1.29, 1.82) is 0 Å². The van der Waals surface area contributed by atoms with Crippen molar-refractivity contribution in [2.45, 2.75) is 39.3 Å². The molecule has 1 aromatic rings. The van der Waals surface area contributed by atoms with Crippen molar-refractivity contribution in [2.75, 3.05) is 33.7 Å². The SMILES string of the molecule is CCn1nc(C(=O)N2CC3CCC(C2)N(CC(=O)N(C)C)C3=O)cc1C. The number of aryl methyl sites for hydroxylation is 2. The third-order valence-electron chi connectivity index (χ3n) is 5.38. The van der Waals surface area contributed by atoms with Crippen LogP contribution in [0.4, 0.5) is 0 Å². The number of carbonyl (C=O) groups excluding carboxylic acids is 3. The molecule has 3 aliphatic rings. The molecule has 0 saturated carbocycles. The summed E-state index contributed by atoms with van der Waals surface area (Å²) in [6.07, 6.45) is 1.59. The van der Waals surface area contributed by atoms with Gasteiger partial charge in [0.1, 0.15) is 6.54 Å². The summed E-state index contributed by atoms with van der Waals surface area (Å²) < 4.78 is 1.80. The molecule has 8 nitrogen and oxygen atoms in total. The highest BCUT2D eigenvalue weighted by atomic mass is 16.2. The highest BCUT2D eigenvalue weighted by Gasteiger charge is 2.43. The van der Waals surface area contributed by atoms with Gasteiger partial charge in [-0.15, -0.1) is 0 Å². The molecule has 8 heteroatoms. The summed E-state index contributed by atoms with van der Waals surface area (Å²) >= 11 is 0. The van der Waals surface area contributed by atoms with Gasteiger partial charge in [-0.25, -0.2) is 0 Å². The van der Waals surface area contributed by atoms with Crippen LogP contribution >= 0.6 is 0 Å². The van der Waals surface area contributed by atoms with Gasteiger partial charge < -0.3 is 14.7 Å². The van der Waals surface area contributed by atoms with Crippen LogP contribution in [-0.2, 0) is 16.1 Å². The first kappa shape index (κ1) is 18.4. The molecule has 0 aliphatic carbocycles. The Morgan fingerprint density at radius 1 is 1.27 bits per heavy atom. The maximum Gasteiger partial charge on any atom is 0.274 e. The highest BCUT2D eigenvalue weighted by molar-refractivity contribution is 5.94. The summed E-state index contributed by atoms with van der Waals surface area (Å²) in [6, 6.07) is 1.69. The van der Waals surface area contributed by atoms with Crippen molar-refractivity contribution in [3.8, 4) is 0 Å². The molecular weight excluding hydrogens is 334 g/mol. The Kier molecular flexibility index (Phi) is 5.02. The zero-order valence-corrected chi connectivity index (χ0v) is 15.9. The second-order valence-corrected chi connectivity index (χ2v) is 7.38. The lowest BCUT2D eigenvalue weighted by molar-refractivity contribution is -0.145. The first-order valence-corrected chi connectivity index (χ1v) is 9.16. The molecule has 142 valence electrons. The zero-order valence-electron chi connectivity index (χ0n) is 15.9. The van der Waals surface area contributed by atoms with Crippen molar-refractivity contribution in [2.24, 2.45) is 5.92 Å². The third kappa shape index (κ3) is 3.32. The Morgan fingerprint density at radius 2 is 2.00 bits per heavy atom. The van der Waals surface area contributed by atoms with Crippen molar-refractivity contribution >= 4 is 17.7 Å². The maximum absolute atomic E-state index is 12.9. The molecular formula is C18H27N5O3. The predicted octanol–water partition coefficient (Wildman–Crippen LogP) is 0.363. The molecule has 3 fully saturated rings. The third-order valence-corrected chi connectivity index (χ3v) is 5.38. The predicted molar refractivity (Wildman–Crippen MR) is 95.5 cm³/mol. The number of fused-ring (bicyclic) bond motifs is 4. The number of amides is 3. The topological polar surface area (TPSA) is 78.8 Å². The van der Waals surface area contributed by atoms with Gasteiger partial charge in [0.05, 0.1) is 5.92 Å². The van der Waals surface area contributed by atoms with Gasteiger partial charge in [0.15, 0.2) is 5.69 Å². The average molecular weight is 361 g/mol. The fraction of sp³-hybridized carbons (Fsp3) is 0.667. The Bertz CT molecular complexity index is 726. The van der Waals surface area contributed by atoms with Gasteiger partial charge >= 0.3 is 0 Å². The molecule has 3 aliphatic heterocycles. The van der Waals surface area contributed by atoms with Crippen molar-refractivity contribution < 1.29 is 14.4 Å². The Morgan fingerprint density at radius 3 is 2.62 bits per heavy atom. The van der Waals surface area contributed by atoms with E-state index in [9.17, 15) is 14.4 Å². The van der Waals surface area contributed by atoms with Crippen molar-refractivity contribution in [1.82, 2.24) is 24.5 Å². The summed E-state index contributed by atoms with van der Waals surface area (Å²) in [5.74, 6) is -0.476. The van der Waals surface area contributed by atoms with Gasteiger partial charge in [-0.3, -0.25) is 19.1 Å². The van der Waals surface area contributed by atoms with E-state index >= 15 is 0 Å². The molecule has 4 heterocycles. The van der Waals surface area contributed by atoms with Crippen LogP contribution < -0.4 is 0 Å². The van der Waals surface area contributed by atoms with Gasteiger partial charge in [0, 0.05) is 45.5 Å². The number of piperidine rings is 1. The molecule has 0 aromatic carbocycles. The van der Waals surface area contributed by atoms with Gasteiger partial charge in [-0.1, -0.05) is 0 Å². The highest BCUT2D eigenvalue weighted by Crippen LogP contribution is 2.29. The van der Waals surface area contributed by atoms with Crippen LogP contribution in [0.2, 0.25) is 0 Å². The summed E-state index contributed by atoms with van der Waals surface area (Å²) in [7, 11) is 3.37. The molecule has 26 heavy (non-hydrogen) atoms. The Labute approximate surface area is 153 Å². The van der Waals surface area contributed by atoms with E-state index < -0.39 is 0 Å². The van der Waals surface area contributed by atoms with Crippen LogP contribution in [0.5, 0.6) is 0 Å². The fourth-order valence-electron chi connectivity index (χ4n) is 3.80. The minimum Gasteiger partial charge on any atom is -0.347 e. The molecule has 2 bridgehead atoms. The van der Waals surface area contributed by atoms with Crippen molar-refractivity contribution in [3.05, 3.63) is 17.5 Å². The quantitative estimate of drug-likeness (QED) is 0.776. The van der Waals surface area contributed by atoms with Crippen LogP contribution in [0.15, 0.2) is 6.07 Å². The lowest BCUT2D eigenvalue weighted by Crippen LogP contribution is -2.51. The summed E-state index contributed by atoms with van der Waals surface area (Å²) in [4.78, 5) is 42.7. The molecule has 2 unspecified atom stereocenters. The molecule has 3 saturated heterocycles. The van der Waals surface area contributed by atoms with E-state index in [4.69, 9.17) is 0 Å². The second kappa shape index (κ2) is 7.09. The number of aromatic nitrogens is 2. The number of carbonyl (C=O) groups is 3. The minimum absolute atomic E-state index is 0.0120. The molecule has 2 atom stereocenters. The Hall–Kier alpha value is -2.38. The number of rotatable bonds is 4. The molecule has 0 spiro atoms. The van der Waals surface area contributed by atoms with Crippen LogP contribution in [0.3, 0.4) is 0 Å². The smallest absolute Gasteiger partial charge is 0.274 e. The average Bonchev–Trinajstić information content (AvgIpc) is 2.78. The van der Waals surface area contributed by atoms with E-state index in [2.05, 4.69) is 5.10 Å². The van der Waals surface area contributed by atoms with E-state index in [1.54, 1.807) is 34.6 Å². The van der Waals surface area contributed by atoms with Gasteiger partial charge in [0.2, 0.25) is 11.8 Å². The van der Waals surface area contributed by atoms with Gasteiger partial charge in [-0.2, -0.15) is 5.10 Å². The molecule has 0 radical (unpaired) electrons. The number of hydrogen-bond donors (Lipinski definition) is 0. The standard InChI is InChI=1S/C18H27N5O3/c1-5-23-12(2)8-15(19-23)18(26)21-9-13-6-7-14(10-21)22(17(13)25)11-16(24)20(3)4/h8,13-14H,5-7,9-11H2,1-4H3. The fourth-order valence-corrected chi connectivity index (χ4v) is 3.80. The van der Waals surface area contributed by atoms with Gasteiger partial charge in [0.25, 0.3) is 5.91 Å². The summed E-state index contributed by atoms with van der Waals surface area (Å²) in [6.45, 7) is 5.57. The molecule has 4 rings (SSSR count). The normalized spacial score (nSPS) is 22.5. The van der Waals surface area contributed by atoms with E-state index in [0.717, 1.165) is 18.5 Å². The summed E-state index contributed by atoms with van der Waals surface area (Å²) in [5.41, 5.74) is 1.37. The van der Waals surface area contributed by atoms with Crippen LogP contribution in [0, 0.1) is 12.8 Å². The van der Waals surface area contributed by atoms with E-state index in [-0.39, 0.29) is 36.2 Å². The lowest BCUT2D eigenvalue weighted by atomic mass is 9.94. The lowest BCUT2D eigenvalue weighted by Gasteiger charge is -2.35. The second-order valence-electron chi connectivity index (χ2n) is 7.38. The van der Waals surface area contributed by atoms with E-state index in [1.165, 1.54) is 4.90 Å². The number of nitrogens with zero attached hydrogens (tertiary/aromatic N) is 5. The monoisotopic (exact) mass is 361 g/mol. The minimum atomic E-state index is -0.234. The zero-order chi connectivity index (χ0) is 19.0. The maximum atomic E-state index is 12.9. The Balaban J connectivity index is 1.79. The first-order valence-electron chi connectivity index (χ1n) is 9.16. The molecule has 1 aromatic heterocycles. The van der Waals surface area contributed by atoms with Crippen LogP contribution in [0.25, 0.3) is 0 Å². The summed E-state index contributed by atoms with van der Waals surface area (Å²) in [5, 5.41) is 4.38. The van der Waals surface area contributed by atoms with E-state index in [1.807, 2.05) is 13.8 Å². The molecule has 0 N–H and O–H groups in total. The number of likely N-dealkylation sites (N-methyl/N-ethyl adjacent to an activating group) is 1. The molecule has 3 amide bonds. The van der Waals surface area contributed by atoms with Crippen LogP contribution in [-0.4, -0.2) is 82.0 Å². The van der Waals surface area contributed by atoms with Crippen LogP contribution in [0.1, 0.15) is 35.9 Å². The van der Waals surface area contributed by atoms with Gasteiger partial charge in [-0.05, 0) is 32.8 Å². The van der Waals surface area contributed by atoms with Crippen molar-refractivity contribution in [3.63, 3.8) is 0 Å². The van der Waals surface area contributed by atoms with E-state index in [0.29, 0.717) is 25.3 Å². The number of hydrogen-bond acceptors (Lipinski definition) is 4.